The highest BCUT2D eigenvalue weighted by molar-refractivity contribution is 7.92. The molecular weight excluding hydrogens is 402 g/mol. The maximum absolute atomic E-state index is 12.5. The predicted molar refractivity (Wildman–Crippen MR) is 114 cm³/mol. The van der Waals surface area contributed by atoms with Gasteiger partial charge < -0.3 is 9.73 Å². The zero-order valence-electron chi connectivity index (χ0n) is 17.6. The van der Waals surface area contributed by atoms with Crippen LogP contribution in [0.4, 0.5) is 0 Å². The summed E-state index contributed by atoms with van der Waals surface area (Å²) < 4.78 is 31.9. The SMILES string of the molecule is Cc1cc(C)n(C(CNC(=O)Cc2ccc(S(=O)(=O)C(C)C)cc2)c2ccco2)n1. The Hall–Kier alpha value is -2.87. The lowest BCUT2D eigenvalue weighted by molar-refractivity contribution is -0.120. The highest BCUT2D eigenvalue weighted by Gasteiger charge is 2.21. The summed E-state index contributed by atoms with van der Waals surface area (Å²) in [5, 5.41) is 6.98. The van der Waals surface area contributed by atoms with Gasteiger partial charge in [-0.25, -0.2) is 8.42 Å². The second-order valence-corrected chi connectivity index (χ2v) is 10.1. The van der Waals surface area contributed by atoms with Gasteiger partial charge in [0.1, 0.15) is 11.8 Å². The zero-order chi connectivity index (χ0) is 21.9. The number of amides is 1. The first-order valence-electron chi connectivity index (χ1n) is 9.84. The summed E-state index contributed by atoms with van der Waals surface area (Å²) in [5.41, 5.74) is 2.62. The van der Waals surface area contributed by atoms with E-state index in [1.54, 1.807) is 44.4 Å². The summed E-state index contributed by atoms with van der Waals surface area (Å²) in [4.78, 5) is 12.8. The molecule has 3 aromatic rings. The Kier molecular flexibility index (Phi) is 6.45. The average Bonchev–Trinajstić information content (AvgIpc) is 3.32. The van der Waals surface area contributed by atoms with E-state index in [2.05, 4.69) is 10.4 Å². The molecule has 0 bridgehead atoms. The van der Waals surface area contributed by atoms with E-state index in [9.17, 15) is 13.2 Å². The number of aromatic nitrogens is 2. The van der Waals surface area contributed by atoms with Crippen LogP contribution in [-0.4, -0.2) is 35.9 Å². The molecule has 3 rings (SSSR count). The minimum absolute atomic E-state index is 0.157. The van der Waals surface area contributed by atoms with Gasteiger partial charge in [0.25, 0.3) is 0 Å². The molecule has 8 heteroatoms. The van der Waals surface area contributed by atoms with Crippen molar-refractivity contribution in [3.05, 3.63) is 71.4 Å². The van der Waals surface area contributed by atoms with Crippen molar-refractivity contribution < 1.29 is 17.6 Å². The maximum Gasteiger partial charge on any atom is 0.224 e. The lowest BCUT2D eigenvalue weighted by atomic mass is 10.1. The minimum Gasteiger partial charge on any atom is -0.467 e. The van der Waals surface area contributed by atoms with Crippen molar-refractivity contribution in [3.8, 4) is 0 Å². The molecule has 0 aliphatic heterocycles. The van der Waals surface area contributed by atoms with Crippen molar-refractivity contribution in [2.75, 3.05) is 6.54 Å². The highest BCUT2D eigenvalue weighted by atomic mass is 32.2. The summed E-state index contributed by atoms with van der Waals surface area (Å²) in [6, 6.07) is 11.9. The largest absolute Gasteiger partial charge is 0.467 e. The first-order valence-corrected chi connectivity index (χ1v) is 11.4. The zero-order valence-corrected chi connectivity index (χ0v) is 18.4. The van der Waals surface area contributed by atoms with Crippen LogP contribution in [0.25, 0.3) is 0 Å². The third-order valence-electron chi connectivity index (χ3n) is 4.94. The number of hydrogen-bond acceptors (Lipinski definition) is 5. The summed E-state index contributed by atoms with van der Waals surface area (Å²) in [6.45, 7) is 7.51. The van der Waals surface area contributed by atoms with Gasteiger partial charge in [-0.15, -0.1) is 0 Å². The quantitative estimate of drug-likeness (QED) is 0.593. The van der Waals surface area contributed by atoms with Crippen LogP contribution >= 0.6 is 0 Å². The van der Waals surface area contributed by atoms with Gasteiger partial charge in [0.05, 0.1) is 28.5 Å². The van der Waals surface area contributed by atoms with Gasteiger partial charge in [-0.2, -0.15) is 5.10 Å². The number of benzene rings is 1. The standard InChI is InChI=1S/C22H27N3O4S/c1-15(2)30(27,28)19-9-7-18(8-10-19)13-22(26)23-14-20(21-6-5-11-29-21)25-17(4)12-16(3)24-25/h5-12,15,20H,13-14H2,1-4H3,(H,23,26). The number of sulfone groups is 1. The lowest BCUT2D eigenvalue weighted by Crippen LogP contribution is -2.33. The molecule has 2 heterocycles. The van der Waals surface area contributed by atoms with E-state index in [-0.39, 0.29) is 23.3 Å². The van der Waals surface area contributed by atoms with Crippen molar-refractivity contribution in [2.45, 2.75) is 50.3 Å². The van der Waals surface area contributed by atoms with Crippen molar-refractivity contribution >= 4 is 15.7 Å². The normalized spacial score (nSPS) is 12.8. The molecule has 7 nitrogen and oxygen atoms in total. The Balaban J connectivity index is 1.67. The molecule has 0 saturated heterocycles. The summed E-state index contributed by atoms with van der Waals surface area (Å²) >= 11 is 0. The van der Waals surface area contributed by atoms with Gasteiger partial charge in [-0.1, -0.05) is 12.1 Å². The molecule has 0 fully saturated rings. The molecule has 30 heavy (non-hydrogen) atoms. The highest BCUT2D eigenvalue weighted by Crippen LogP contribution is 2.21. The minimum atomic E-state index is -3.32. The summed E-state index contributed by atoms with van der Waals surface area (Å²) in [7, 11) is -3.32. The van der Waals surface area contributed by atoms with Crippen LogP contribution in [0.2, 0.25) is 0 Å². The second-order valence-electron chi connectivity index (χ2n) is 7.62. The van der Waals surface area contributed by atoms with Crippen LogP contribution in [0, 0.1) is 13.8 Å². The fourth-order valence-electron chi connectivity index (χ4n) is 3.28. The van der Waals surface area contributed by atoms with Crippen molar-refractivity contribution in [1.29, 1.82) is 0 Å². The molecule has 0 spiro atoms. The number of aryl methyl sites for hydroxylation is 2. The molecule has 0 aliphatic rings. The van der Waals surface area contributed by atoms with Crippen LogP contribution in [0.1, 0.15) is 42.6 Å². The number of carbonyl (C=O) groups excluding carboxylic acids is 1. The van der Waals surface area contributed by atoms with E-state index in [1.165, 1.54) is 0 Å². The summed E-state index contributed by atoms with van der Waals surface area (Å²) in [5.74, 6) is 0.553. The van der Waals surface area contributed by atoms with Gasteiger partial charge >= 0.3 is 0 Å². The van der Waals surface area contributed by atoms with Crippen molar-refractivity contribution in [3.63, 3.8) is 0 Å². The van der Waals surface area contributed by atoms with Crippen LogP contribution in [0.5, 0.6) is 0 Å². The van der Waals surface area contributed by atoms with Crippen molar-refractivity contribution in [1.82, 2.24) is 15.1 Å². The van der Waals surface area contributed by atoms with E-state index < -0.39 is 15.1 Å². The summed E-state index contributed by atoms with van der Waals surface area (Å²) in [6.07, 6.45) is 1.76. The molecule has 2 aromatic heterocycles. The fraction of sp³-hybridized carbons (Fsp3) is 0.364. The molecule has 0 radical (unpaired) electrons. The number of furan rings is 1. The smallest absolute Gasteiger partial charge is 0.224 e. The molecule has 1 atom stereocenters. The van der Waals surface area contributed by atoms with E-state index in [0.717, 1.165) is 17.0 Å². The van der Waals surface area contributed by atoms with Gasteiger partial charge in [0, 0.05) is 12.2 Å². The van der Waals surface area contributed by atoms with Crippen LogP contribution in [-0.2, 0) is 21.1 Å². The number of nitrogens with zero attached hydrogens (tertiary/aromatic N) is 2. The van der Waals surface area contributed by atoms with Gasteiger partial charge in [-0.3, -0.25) is 9.48 Å². The Morgan fingerprint density at radius 1 is 1.17 bits per heavy atom. The lowest BCUT2D eigenvalue weighted by Gasteiger charge is -2.18. The Bertz CT molecular complexity index is 1100. The third-order valence-corrected chi connectivity index (χ3v) is 7.11. The van der Waals surface area contributed by atoms with E-state index in [0.29, 0.717) is 12.3 Å². The number of rotatable bonds is 8. The average molecular weight is 430 g/mol. The molecule has 1 amide bonds. The Labute approximate surface area is 177 Å². The monoisotopic (exact) mass is 429 g/mol. The first kappa shape index (κ1) is 21.8. The molecule has 160 valence electrons. The van der Waals surface area contributed by atoms with Crippen LogP contribution in [0.3, 0.4) is 0 Å². The maximum atomic E-state index is 12.5. The topological polar surface area (TPSA) is 94.2 Å². The van der Waals surface area contributed by atoms with Crippen molar-refractivity contribution in [2.24, 2.45) is 0 Å². The molecule has 1 unspecified atom stereocenters. The molecule has 0 saturated carbocycles. The van der Waals surface area contributed by atoms with E-state index in [1.807, 2.05) is 36.7 Å². The number of carbonyl (C=O) groups is 1. The molecule has 1 N–H and O–H groups in total. The number of nitrogens with one attached hydrogen (secondary N) is 1. The Morgan fingerprint density at radius 3 is 2.40 bits per heavy atom. The van der Waals surface area contributed by atoms with Gasteiger partial charge in [0.2, 0.25) is 5.91 Å². The second kappa shape index (κ2) is 8.87. The number of hydrogen-bond donors (Lipinski definition) is 1. The first-order chi connectivity index (χ1) is 14.2. The molecule has 0 aliphatic carbocycles. The Morgan fingerprint density at radius 2 is 1.87 bits per heavy atom. The van der Waals surface area contributed by atoms with E-state index in [4.69, 9.17) is 4.42 Å². The third kappa shape index (κ3) is 4.81. The predicted octanol–water partition coefficient (Wildman–Crippen LogP) is 3.22. The fourth-order valence-corrected chi connectivity index (χ4v) is 4.34. The van der Waals surface area contributed by atoms with Crippen LogP contribution in [0.15, 0.2) is 58.0 Å². The van der Waals surface area contributed by atoms with Gasteiger partial charge in [0.15, 0.2) is 9.84 Å². The van der Waals surface area contributed by atoms with Gasteiger partial charge in [-0.05, 0) is 63.6 Å². The molecule has 1 aromatic carbocycles. The molecular formula is C22H27N3O4S. The van der Waals surface area contributed by atoms with E-state index >= 15 is 0 Å². The van der Waals surface area contributed by atoms with Crippen LogP contribution < -0.4 is 5.32 Å².